The summed E-state index contributed by atoms with van der Waals surface area (Å²) in [4.78, 5) is 0. The lowest BCUT2D eigenvalue weighted by atomic mass is 9.70. The van der Waals surface area contributed by atoms with Gasteiger partial charge in [-0.05, 0) is 25.7 Å². The van der Waals surface area contributed by atoms with Gasteiger partial charge >= 0.3 is 0 Å². The minimum absolute atomic E-state index is 0.0846. The van der Waals surface area contributed by atoms with E-state index in [2.05, 4.69) is 0 Å². The highest BCUT2D eigenvalue weighted by atomic mass is 35.5. The summed E-state index contributed by atoms with van der Waals surface area (Å²) in [6.45, 7) is 3.67. The summed E-state index contributed by atoms with van der Waals surface area (Å²) in [6.07, 6.45) is 3.50. The minimum Gasteiger partial charge on any atom is -0.203 e. The van der Waals surface area contributed by atoms with E-state index in [1.807, 2.05) is 13.8 Å². The fourth-order valence-electron chi connectivity index (χ4n) is 4.91. The van der Waals surface area contributed by atoms with Gasteiger partial charge in [-0.15, -0.1) is 23.2 Å². The molecule has 4 rings (SSSR count). The van der Waals surface area contributed by atoms with Crippen LogP contribution in [-0.2, 0) is 0 Å². The Kier molecular flexibility index (Phi) is 3.60. The first-order chi connectivity index (χ1) is 11.3. The van der Waals surface area contributed by atoms with Gasteiger partial charge in [-0.3, -0.25) is 0 Å². The van der Waals surface area contributed by atoms with E-state index in [0.29, 0.717) is 0 Å². The van der Waals surface area contributed by atoms with Crippen LogP contribution in [0.15, 0.2) is 23.3 Å². The van der Waals surface area contributed by atoms with Gasteiger partial charge in [-0.25, -0.2) is 17.6 Å². The highest BCUT2D eigenvalue weighted by Gasteiger charge is 2.61. The van der Waals surface area contributed by atoms with Crippen molar-refractivity contribution in [1.82, 2.24) is 0 Å². The van der Waals surface area contributed by atoms with Crippen molar-refractivity contribution in [2.45, 2.75) is 36.4 Å². The van der Waals surface area contributed by atoms with Crippen molar-refractivity contribution in [3.05, 3.63) is 57.7 Å². The van der Waals surface area contributed by atoms with E-state index in [1.54, 1.807) is 12.2 Å². The van der Waals surface area contributed by atoms with Crippen LogP contribution in [0.25, 0.3) is 0 Å². The zero-order valence-electron chi connectivity index (χ0n) is 12.9. The number of hydrogen-bond donors (Lipinski definition) is 0. The van der Waals surface area contributed by atoms with Crippen LogP contribution < -0.4 is 0 Å². The average molecular weight is 377 g/mol. The summed E-state index contributed by atoms with van der Waals surface area (Å²) in [7, 11) is 0. The lowest BCUT2D eigenvalue weighted by molar-refractivity contribution is 0.303. The van der Waals surface area contributed by atoms with Crippen LogP contribution in [0, 0.1) is 35.1 Å². The average Bonchev–Trinajstić information content (AvgIpc) is 3.06. The Morgan fingerprint density at radius 2 is 1.12 bits per heavy atom. The molecular formula is C18H14Cl2F4. The van der Waals surface area contributed by atoms with E-state index in [1.165, 1.54) is 0 Å². The molecule has 1 saturated carbocycles. The van der Waals surface area contributed by atoms with Gasteiger partial charge in [0.1, 0.15) is 0 Å². The second-order valence-corrected chi connectivity index (χ2v) is 7.93. The third kappa shape index (κ3) is 1.82. The number of halogens is 6. The Labute approximate surface area is 147 Å². The number of allylic oxidation sites excluding steroid dienone is 4. The third-order valence-electron chi connectivity index (χ3n) is 5.64. The molecule has 1 aromatic rings. The Bertz CT molecular complexity index is 751. The number of alkyl halides is 2. The first-order valence-electron chi connectivity index (χ1n) is 7.76. The normalized spacial score (nSPS) is 36.1. The molecule has 128 valence electrons. The van der Waals surface area contributed by atoms with Crippen molar-refractivity contribution >= 4 is 23.2 Å². The predicted octanol–water partition coefficient (Wildman–Crippen LogP) is 5.79. The first-order valence-corrected chi connectivity index (χ1v) is 8.64. The minimum atomic E-state index is -1.76. The monoisotopic (exact) mass is 376 g/mol. The van der Waals surface area contributed by atoms with Crippen molar-refractivity contribution in [2.75, 3.05) is 0 Å². The molecule has 0 heterocycles. The van der Waals surface area contributed by atoms with Crippen LogP contribution in [0.3, 0.4) is 0 Å². The van der Waals surface area contributed by atoms with E-state index < -0.39 is 45.9 Å². The predicted molar refractivity (Wildman–Crippen MR) is 85.5 cm³/mol. The van der Waals surface area contributed by atoms with Crippen molar-refractivity contribution in [3.8, 4) is 0 Å². The zero-order valence-corrected chi connectivity index (χ0v) is 14.4. The van der Waals surface area contributed by atoms with Gasteiger partial charge in [0.2, 0.25) is 0 Å². The molecule has 0 saturated heterocycles. The van der Waals surface area contributed by atoms with Crippen LogP contribution in [0.1, 0.15) is 36.8 Å². The molecule has 3 aliphatic carbocycles. The fourth-order valence-corrected chi connectivity index (χ4v) is 5.70. The second kappa shape index (κ2) is 5.25. The lowest BCUT2D eigenvalue weighted by Crippen LogP contribution is -2.37. The molecule has 0 aliphatic heterocycles. The standard InChI is InChI=1S/C18H14Cl2F4/c1-5(2)8-11-9-6(19)3-4-7(20)10(9)12(8)14-13(11)15(21)17(23)18(24)16(14)22/h3-4,6-7,9-12H,1-2H3. The number of fused-ring (bicyclic) bond motifs is 8. The van der Waals surface area contributed by atoms with Gasteiger partial charge < -0.3 is 0 Å². The van der Waals surface area contributed by atoms with Crippen LogP contribution >= 0.6 is 23.2 Å². The van der Waals surface area contributed by atoms with Gasteiger partial charge in [0.25, 0.3) is 0 Å². The Morgan fingerprint density at radius 1 is 0.750 bits per heavy atom. The van der Waals surface area contributed by atoms with E-state index in [0.717, 1.165) is 11.1 Å². The maximum atomic E-state index is 14.5. The number of benzene rings is 1. The molecule has 6 heteroatoms. The summed E-state index contributed by atoms with van der Waals surface area (Å²) >= 11 is 12.8. The van der Waals surface area contributed by atoms with Crippen molar-refractivity contribution in [1.29, 1.82) is 0 Å². The maximum Gasteiger partial charge on any atom is 0.197 e. The molecule has 2 bridgehead atoms. The Balaban J connectivity index is 2.07. The molecule has 0 amide bonds. The summed E-state index contributed by atoms with van der Waals surface area (Å²) < 4.78 is 56.7. The van der Waals surface area contributed by atoms with Gasteiger partial charge in [-0.1, -0.05) is 23.3 Å². The SMILES string of the molecule is CC(C)=C1C2c3c(F)c(F)c(F)c(F)c3C1C1C(Cl)C=CC(Cl)C21. The summed E-state index contributed by atoms with van der Waals surface area (Å²) in [5.41, 5.74) is 1.50. The van der Waals surface area contributed by atoms with Crippen molar-refractivity contribution < 1.29 is 17.6 Å². The van der Waals surface area contributed by atoms with Crippen molar-refractivity contribution in [2.24, 2.45) is 11.8 Å². The van der Waals surface area contributed by atoms with E-state index in [9.17, 15) is 17.6 Å². The smallest absolute Gasteiger partial charge is 0.197 e. The molecule has 1 aromatic carbocycles. The molecule has 0 N–H and O–H groups in total. The highest BCUT2D eigenvalue weighted by molar-refractivity contribution is 6.24. The quantitative estimate of drug-likeness (QED) is 0.177. The summed E-state index contributed by atoms with van der Waals surface area (Å²) in [5, 5.41) is -0.837. The number of rotatable bonds is 0. The van der Waals surface area contributed by atoms with E-state index in [-0.39, 0.29) is 23.0 Å². The summed E-state index contributed by atoms with van der Waals surface area (Å²) in [6, 6.07) is 0. The fraction of sp³-hybridized carbons (Fsp3) is 0.444. The van der Waals surface area contributed by atoms with Gasteiger partial charge in [0.05, 0.1) is 10.8 Å². The Hall–Kier alpha value is -1.00. The first kappa shape index (κ1) is 16.5. The zero-order chi connectivity index (χ0) is 17.5. The largest absolute Gasteiger partial charge is 0.203 e. The van der Waals surface area contributed by atoms with Crippen LogP contribution in [0.4, 0.5) is 17.6 Å². The molecule has 0 spiro atoms. The maximum absolute atomic E-state index is 14.5. The van der Waals surface area contributed by atoms with Crippen LogP contribution in [0.2, 0.25) is 0 Å². The van der Waals surface area contributed by atoms with Crippen LogP contribution in [0.5, 0.6) is 0 Å². The van der Waals surface area contributed by atoms with Gasteiger partial charge in [0, 0.05) is 23.0 Å². The topological polar surface area (TPSA) is 0 Å². The number of hydrogen-bond acceptors (Lipinski definition) is 0. The molecule has 6 atom stereocenters. The molecule has 1 fully saturated rings. The van der Waals surface area contributed by atoms with Crippen molar-refractivity contribution in [3.63, 3.8) is 0 Å². The molecule has 6 unspecified atom stereocenters. The van der Waals surface area contributed by atoms with E-state index in [4.69, 9.17) is 23.2 Å². The van der Waals surface area contributed by atoms with E-state index >= 15 is 0 Å². The molecular weight excluding hydrogens is 363 g/mol. The van der Waals surface area contributed by atoms with Gasteiger partial charge in [0.15, 0.2) is 23.3 Å². The molecule has 24 heavy (non-hydrogen) atoms. The highest BCUT2D eigenvalue weighted by Crippen LogP contribution is 2.68. The second-order valence-electron chi connectivity index (χ2n) is 6.92. The molecule has 0 nitrogen and oxygen atoms in total. The third-order valence-corrected chi connectivity index (χ3v) is 6.51. The lowest BCUT2D eigenvalue weighted by Gasteiger charge is -2.38. The summed E-state index contributed by atoms with van der Waals surface area (Å²) in [5.74, 6) is -7.81. The molecule has 0 aromatic heterocycles. The molecule has 0 radical (unpaired) electrons. The molecule has 3 aliphatic rings. The van der Waals surface area contributed by atoms with Gasteiger partial charge in [-0.2, -0.15) is 0 Å². The Morgan fingerprint density at radius 3 is 1.46 bits per heavy atom. The van der Waals surface area contributed by atoms with Crippen LogP contribution in [-0.4, -0.2) is 10.8 Å².